The molecule has 1 aliphatic rings. The lowest BCUT2D eigenvalue weighted by molar-refractivity contribution is 0.171. The summed E-state index contributed by atoms with van der Waals surface area (Å²) in [5.74, 6) is 2.38. The maximum atomic E-state index is 6.20. The number of hydrogen-bond acceptors (Lipinski definition) is 5. The first-order valence-corrected chi connectivity index (χ1v) is 7.02. The highest BCUT2D eigenvalue weighted by molar-refractivity contribution is 6.30. The average molecular weight is 307 g/mol. The third kappa shape index (κ3) is 2.38. The van der Waals surface area contributed by atoms with Crippen LogP contribution >= 0.6 is 11.6 Å². The number of benzene rings is 1. The first-order chi connectivity index (χ1) is 10.1. The topological polar surface area (TPSA) is 53.5 Å². The van der Waals surface area contributed by atoms with Gasteiger partial charge in [0, 0.05) is 16.8 Å². The van der Waals surface area contributed by atoms with E-state index >= 15 is 0 Å². The van der Waals surface area contributed by atoms with Gasteiger partial charge in [-0.3, -0.25) is 0 Å². The number of rotatable bonds is 3. The van der Waals surface area contributed by atoms with E-state index < -0.39 is 0 Å². The van der Waals surface area contributed by atoms with Crippen LogP contribution in [0.15, 0.2) is 12.1 Å². The van der Waals surface area contributed by atoms with Crippen molar-refractivity contribution in [3.8, 4) is 28.6 Å². The highest BCUT2D eigenvalue weighted by Gasteiger charge is 2.22. The maximum Gasteiger partial charge on any atom is 0.231 e. The van der Waals surface area contributed by atoms with E-state index in [1.807, 2.05) is 26.0 Å². The molecule has 0 fully saturated rings. The second kappa shape index (κ2) is 5.41. The molecule has 1 aromatic heterocycles. The van der Waals surface area contributed by atoms with Crippen LogP contribution in [0.3, 0.4) is 0 Å². The zero-order chi connectivity index (χ0) is 15.0. The van der Waals surface area contributed by atoms with Gasteiger partial charge in [-0.05, 0) is 25.5 Å². The Labute approximate surface area is 127 Å². The molecule has 0 bridgehead atoms. The van der Waals surface area contributed by atoms with E-state index in [0.717, 1.165) is 23.2 Å². The molecule has 0 amide bonds. The van der Waals surface area contributed by atoms with Crippen molar-refractivity contribution in [2.75, 3.05) is 13.9 Å². The highest BCUT2D eigenvalue weighted by Crippen LogP contribution is 2.43. The van der Waals surface area contributed by atoms with Gasteiger partial charge >= 0.3 is 0 Å². The fourth-order valence-corrected chi connectivity index (χ4v) is 2.45. The van der Waals surface area contributed by atoms with E-state index in [-0.39, 0.29) is 6.79 Å². The number of nitrogens with zero attached hydrogens (tertiary/aromatic N) is 2. The molecule has 2 heterocycles. The van der Waals surface area contributed by atoms with E-state index in [1.165, 1.54) is 0 Å². The van der Waals surface area contributed by atoms with E-state index in [9.17, 15) is 0 Å². The first-order valence-electron chi connectivity index (χ1n) is 6.65. The van der Waals surface area contributed by atoms with E-state index in [0.29, 0.717) is 28.2 Å². The van der Waals surface area contributed by atoms with Gasteiger partial charge in [0.15, 0.2) is 17.3 Å². The molecule has 2 aromatic rings. The van der Waals surface area contributed by atoms with Crippen LogP contribution in [0.1, 0.15) is 18.2 Å². The lowest BCUT2D eigenvalue weighted by atomic mass is 10.1. The van der Waals surface area contributed by atoms with Gasteiger partial charge in [0.2, 0.25) is 12.5 Å². The second-order valence-electron chi connectivity index (χ2n) is 4.68. The molecular weight excluding hydrogens is 292 g/mol. The summed E-state index contributed by atoms with van der Waals surface area (Å²) in [4.78, 5) is 8.93. The number of aryl methyl sites for hydroxylation is 1. The zero-order valence-electron chi connectivity index (χ0n) is 12.1. The summed E-state index contributed by atoms with van der Waals surface area (Å²) in [6, 6.07) is 3.67. The van der Waals surface area contributed by atoms with Crippen LogP contribution in [0.25, 0.3) is 11.4 Å². The summed E-state index contributed by atoms with van der Waals surface area (Å²) in [6.45, 7) is 4.14. The maximum absolute atomic E-state index is 6.20. The molecule has 0 saturated heterocycles. The number of fused-ring (bicyclic) bond motifs is 1. The van der Waals surface area contributed by atoms with Gasteiger partial charge in [-0.1, -0.05) is 18.5 Å². The Hall–Kier alpha value is -2.01. The number of halogens is 1. The number of aromatic nitrogens is 2. The Morgan fingerprint density at radius 1 is 1.29 bits per heavy atom. The van der Waals surface area contributed by atoms with Gasteiger partial charge in [0.05, 0.1) is 7.11 Å². The molecule has 0 aliphatic carbocycles. The van der Waals surface area contributed by atoms with Crippen LogP contribution in [-0.2, 0) is 6.42 Å². The summed E-state index contributed by atoms with van der Waals surface area (Å²) in [6.07, 6.45) is 0.794. The fourth-order valence-electron chi connectivity index (χ4n) is 2.26. The molecule has 0 N–H and O–H groups in total. The Morgan fingerprint density at radius 3 is 2.81 bits per heavy atom. The van der Waals surface area contributed by atoms with E-state index in [2.05, 4.69) is 9.97 Å². The molecule has 6 heteroatoms. The van der Waals surface area contributed by atoms with Crippen molar-refractivity contribution in [1.29, 1.82) is 0 Å². The van der Waals surface area contributed by atoms with Gasteiger partial charge in [0.25, 0.3) is 0 Å². The van der Waals surface area contributed by atoms with Gasteiger partial charge in [0.1, 0.15) is 5.15 Å². The van der Waals surface area contributed by atoms with Crippen LogP contribution in [0.2, 0.25) is 5.15 Å². The van der Waals surface area contributed by atoms with Gasteiger partial charge in [-0.15, -0.1) is 0 Å². The Bertz CT molecular complexity index is 704. The smallest absolute Gasteiger partial charge is 0.231 e. The van der Waals surface area contributed by atoms with E-state index in [4.69, 9.17) is 25.8 Å². The first kappa shape index (κ1) is 13.9. The molecule has 0 unspecified atom stereocenters. The Balaban J connectivity index is 2.15. The third-order valence-corrected chi connectivity index (χ3v) is 3.81. The summed E-state index contributed by atoms with van der Waals surface area (Å²) in [7, 11) is 1.58. The zero-order valence-corrected chi connectivity index (χ0v) is 12.8. The molecule has 110 valence electrons. The minimum absolute atomic E-state index is 0.185. The molecular formula is C15H15ClN2O3. The van der Waals surface area contributed by atoms with Crippen molar-refractivity contribution in [1.82, 2.24) is 9.97 Å². The lowest BCUT2D eigenvalue weighted by Crippen LogP contribution is -2.00. The molecule has 1 aliphatic heterocycles. The van der Waals surface area contributed by atoms with Crippen molar-refractivity contribution in [3.05, 3.63) is 28.5 Å². The third-order valence-electron chi connectivity index (χ3n) is 3.44. The summed E-state index contributed by atoms with van der Waals surface area (Å²) in [5.41, 5.74) is 2.63. The molecule has 1 aromatic carbocycles. The molecule has 0 radical (unpaired) electrons. The van der Waals surface area contributed by atoms with Crippen molar-refractivity contribution in [2.45, 2.75) is 20.3 Å². The standard InChI is InChI=1S/C15H15ClN2O3/c1-4-10-8(2)14(16)18-15(17-10)9-5-11(19-3)13-12(6-9)20-7-21-13/h5-6H,4,7H2,1-3H3. The number of methoxy groups -OCH3 is 1. The van der Waals surface area contributed by atoms with Crippen molar-refractivity contribution >= 4 is 11.6 Å². The molecule has 5 nitrogen and oxygen atoms in total. The SMILES string of the molecule is CCc1nc(-c2cc(OC)c3c(c2)OCO3)nc(Cl)c1C. The second-order valence-corrected chi connectivity index (χ2v) is 5.03. The van der Waals surface area contributed by atoms with Crippen LogP contribution in [0.4, 0.5) is 0 Å². The monoisotopic (exact) mass is 306 g/mol. The fraction of sp³-hybridized carbons (Fsp3) is 0.333. The van der Waals surface area contributed by atoms with Crippen LogP contribution in [0, 0.1) is 6.92 Å². The quantitative estimate of drug-likeness (QED) is 0.813. The van der Waals surface area contributed by atoms with Gasteiger partial charge in [-0.25, -0.2) is 9.97 Å². The molecule has 3 rings (SSSR count). The minimum Gasteiger partial charge on any atom is -0.493 e. The van der Waals surface area contributed by atoms with Gasteiger partial charge in [-0.2, -0.15) is 0 Å². The molecule has 21 heavy (non-hydrogen) atoms. The number of ether oxygens (including phenoxy) is 3. The van der Waals surface area contributed by atoms with Crippen molar-refractivity contribution in [3.63, 3.8) is 0 Å². The van der Waals surface area contributed by atoms with Crippen LogP contribution in [-0.4, -0.2) is 23.9 Å². The Kier molecular flexibility index (Phi) is 3.59. The van der Waals surface area contributed by atoms with Crippen molar-refractivity contribution < 1.29 is 14.2 Å². The molecule has 0 atom stereocenters. The van der Waals surface area contributed by atoms with Gasteiger partial charge < -0.3 is 14.2 Å². The summed E-state index contributed by atoms with van der Waals surface area (Å²) < 4.78 is 16.1. The molecule has 0 spiro atoms. The Morgan fingerprint density at radius 2 is 2.10 bits per heavy atom. The largest absolute Gasteiger partial charge is 0.493 e. The van der Waals surface area contributed by atoms with Crippen molar-refractivity contribution in [2.24, 2.45) is 0 Å². The van der Waals surface area contributed by atoms with E-state index in [1.54, 1.807) is 7.11 Å². The average Bonchev–Trinajstić information content (AvgIpc) is 2.97. The predicted octanol–water partition coefficient (Wildman–Crippen LogP) is 3.41. The molecule has 0 saturated carbocycles. The number of hydrogen-bond donors (Lipinski definition) is 0. The summed E-state index contributed by atoms with van der Waals surface area (Å²) >= 11 is 6.20. The highest BCUT2D eigenvalue weighted by atomic mass is 35.5. The van der Waals surface area contributed by atoms with Crippen LogP contribution < -0.4 is 14.2 Å². The normalized spacial score (nSPS) is 12.6. The summed E-state index contributed by atoms with van der Waals surface area (Å²) in [5, 5.41) is 0.466. The minimum atomic E-state index is 0.185. The van der Waals surface area contributed by atoms with Crippen LogP contribution in [0.5, 0.6) is 17.2 Å². The lowest BCUT2D eigenvalue weighted by Gasteiger charge is -2.10. The predicted molar refractivity (Wildman–Crippen MR) is 79.3 cm³/mol.